The smallest absolute Gasteiger partial charge is 0.145 e. The van der Waals surface area contributed by atoms with Crippen molar-refractivity contribution in [2.45, 2.75) is 0 Å². The number of para-hydroxylation sites is 1. The van der Waals surface area contributed by atoms with Gasteiger partial charge in [-0.2, -0.15) is 0 Å². The molecule has 0 saturated carbocycles. The average molecular weight is 715 g/mol. The summed E-state index contributed by atoms with van der Waals surface area (Å²) in [6.07, 6.45) is 1.88. The minimum absolute atomic E-state index is 0.917. The topological polar surface area (TPSA) is 35.6 Å². The average Bonchev–Trinajstić information content (AvgIpc) is 3.79. The lowest BCUT2D eigenvalue weighted by Crippen LogP contribution is -1.99. The highest BCUT2D eigenvalue weighted by atomic mass is 15.0. The molecule has 0 atom stereocenters. The molecule has 4 aromatic heterocycles. The Hall–Kier alpha value is -7.56. The van der Waals surface area contributed by atoms with Gasteiger partial charge < -0.3 is 4.57 Å². The van der Waals surface area contributed by atoms with Crippen LogP contribution in [0, 0.1) is 0 Å². The van der Waals surface area contributed by atoms with Gasteiger partial charge in [0.2, 0.25) is 0 Å². The standard InChI is InChI=1S/C52H34N4/c1-4-13-35(14-5-1)36-22-26-41(27-23-36)55-49-21-11-10-19-43(49)45-31-39(24-28-50(45)55)40-25-29-51-46(32-40)44-20-12-30-53-52(44)56(51)42-33-47(37-15-6-2-7-16-37)54-48(34-42)38-17-8-3-9-18-38/h1-34H. The van der Waals surface area contributed by atoms with Gasteiger partial charge in [0.25, 0.3) is 0 Å². The molecular weight excluding hydrogens is 681 g/mol. The van der Waals surface area contributed by atoms with Crippen molar-refractivity contribution in [3.8, 4) is 56.1 Å². The van der Waals surface area contributed by atoms with Crippen molar-refractivity contribution in [1.29, 1.82) is 0 Å². The molecule has 0 radical (unpaired) electrons. The first-order chi connectivity index (χ1) is 27.8. The molecule has 0 aliphatic rings. The van der Waals surface area contributed by atoms with Crippen LogP contribution in [0.2, 0.25) is 0 Å². The summed E-state index contributed by atoms with van der Waals surface area (Å²) >= 11 is 0. The summed E-state index contributed by atoms with van der Waals surface area (Å²) in [5, 5.41) is 4.74. The Morgan fingerprint density at radius 3 is 1.43 bits per heavy atom. The van der Waals surface area contributed by atoms with Crippen LogP contribution in [-0.4, -0.2) is 19.1 Å². The van der Waals surface area contributed by atoms with Gasteiger partial charge in [0, 0.05) is 44.6 Å². The zero-order valence-corrected chi connectivity index (χ0v) is 30.4. The van der Waals surface area contributed by atoms with Gasteiger partial charge in [-0.1, -0.05) is 133 Å². The molecule has 0 fully saturated rings. The predicted octanol–water partition coefficient (Wildman–Crippen LogP) is 13.3. The number of hydrogen-bond donors (Lipinski definition) is 0. The van der Waals surface area contributed by atoms with E-state index in [9.17, 15) is 0 Å². The zero-order chi connectivity index (χ0) is 37.0. The van der Waals surface area contributed by atoms with Crippen LogP contribution in [0.25, 0.3) is 99.9 Å². The van der Waals surface area contributed by atoms with Gasteiger partial charge in [0.05, 0.1) is 33.6 Å². The molecule has 0 bridgehead atoms. The summed E-state index contributed by atoms with van der Waals surface area (Å²) in [7, 11) is 0. The molecular formula is C52H34N4. The zero-order valence-electron chi connectivity index (χ0n) is 30.4. The molecule has 4 heteroatoms. The Labute approximate surface area is 324 Å². The number of fused-ring (bicyclic) bond motifs is 6. The van der Waals surface area contributed by atoms with Gasteiger partial charge in [-0.15, -0.1) is 0 Å². The third kappa shape index (κ3) is 5.31. The SMILES string of the molecule is c1ccc(-c2ccc(-n3c4ccccc4c4cc(-c5ccc6c(c5)c5cccnc5n6-c5cc(-c6ccccc6)nc(-c6ccccc6)c5)ccc43)cc2)cc1. The van der Waals surface area contributed by atoms with Gasteiger partial charge in [-0.05, 0) is 89.0 Å². The Balaban J connectivity index is 1.06. The highest BCUT2D eigenvalue weighted by molar-refractivity contribution is 6.12. The molecule has 4 nitrogen and oxygen atoms in total. The normalized spacial score (nSPS) is 11.6. The molecule has 262 valence electrons. The maximum atomic E-state index is 5.15. The van der Waals surface area contributed by atoms with E-state index in [1.165, 1.54) is 38.5 Å². The van der Waals surface area contributed by atoms with Crippen LogP contribution in [0.5, 0.6) is 0 Å². The van der Waals surface area contributed by atoms with Crippen molar-refractivity contribution in [2.75, 3.05) is 0 Å². The molecule has 0 spiro atoms. The highest BCUT2D eigenvalue weighted by Gasteiger charge is 2.18. The van der Waals surface area contributed by atoms with Crippen molar-refractivity contribution in [1.82, 2.24) is 19.1 Å². The van der Waals surface area contributed by atoms with E-state index in [4.69, 9.17) is 9.97 Å². The van der Waals surface area contributed by atoms with E-state index < -0.39 is 0 Å². The lowest BCUT2D eigenvalue weighted by molar-refractivity contribution is 1.12. The largest absolute Gasteiger partial charge is 0.309 e. The van der Waals surface area contributed by atoms with Crippen molar-refractivity contribution >= 4 is 43.7 Å². The molecule has 56 heavy (non-hydrogen) atoms. The molecule has 11 aromatic rings. The molecule has 4 heterocycles. The van der Waals surface area contributed by atoms with Crippen LogP contribution >= 0.6 is 0 Å². The molecule has 0 saturated heterocycles. The van der Waals surface area contributed by atoms with E-state index in [1.807, 2.05) is 24.4 Å². The first-order valence-electron chi connectivity index (χ1n) is 19.0. The molecule has 11 rings (SSSR count). The molecule has 0 amide bonds. The van der Waals surface area contributed by atoms with E-state index in [2.05, 4.69) is 191 Å². The van der Waals surface area contributed by atoms with E-state index in [0.717, 1.165) is 61.4 Å². The number of benzene rings is 7. The van der Waals surface area contributed by atoms with Crippen molar-refractivity contribution in [2.24, 2.45) is 0 Å². The van der Waals surface area contributed by atoms with Crippen LogP contribution in [0.15, 0.2) is 206 Å². The van der Waals surface area contributed by atoms with Gasteiger partial charge >= 0.3 is 0 Å². The van der Waals surface area contributed by atoms with Gasteiger partial charge in [-0.3, -0.25) is 4.57 Å². The fourth-order valence-corrected chi connectivity index (χ4v) is 8.31. The monoisotopic (exact) mass is 714 g/mol. The van der Waals surface area contributed by atoms with Crippen LogP contribution in [0.4, 0.5) is 0 Å². The molecule has 0 aliphatic carbocycles. The minimum atomic E-state index is 0.917. The van der Waals surface area contributed by atoms with Crippen molar-refractivity contribution in [3.05, 3.63) is 206 Å². The molecule has 0 N–H and O–H groups in total. The molecule has 7 aromatic carbocycles. The molecule has 0 unspecified atom stereocenters. The Kier molecular flexibility index (Phi) is 7.46. The van der Waals surface area contributed by atoms with Crippen LogP contribution in [0.1, 0.15) is 0 Å². The van der Waals surface area contributed by atoms with E-state index in [-0.39, 0.29) is 0 Å². The summed E-state index contributed by atoms with van der Waals surface area (Å²) in [5.74, 6) is 0. The second kappa shape index (κ2) is 13.1. The van der Waals surface area contributed by atoms with E-state index in [1.54, 1.807) is 0 Å². The van der Waals surface area contributed by atoms with Crippen LogP contribution < -0.4 is 0 Å². The third-order valence-electron chi connectivity index (χ3n) is 11.0. The minimum Gasteiger partial charge on any atom is -0.309 e. The molecule has 0 aliphatic heterocycles. The Morgan fingerprint density at radius 1 is 0.304 bits per heavy atom. The summed E-state index contributed by atoms with van der Waals surface area (Å²) in [4.78, 5) is 10.1. The Bertz CT molecular complexity index is 3160. The second-order valence-corrected chi connectivity index (χ2v) is 14.3. The quantitative estimate of drug-likeness (QED) is 0.172. The van der Waals surface area contributed by atoms with E-state index in [0.29, 0.717) is 0 Å². The van der Waals surface area contributed by atoms with Crippen molar-refractivity contribution < 1.29 is 0 Å². The summed E-state index contributed by atoms with van der Waals surface area (Å²) in [6, 6.07) is 71.3. The second-order valence-electron chi connectivity index (χ2n) is 14.3. The maximum Gasteiger partial charge on any atom is 0.145 e. The number of rotatable bonds is 6. The maximum absolute atomic E-state index is 5.15. The third-order valence-corrected chi connectivity index (χ3v) is 11.0. The number of nitrogens with zero attached hydrogens (tertiary/aromatic N) is 4. The Morgan fingerprint density at radius 2 is 0.786 bits per heavy atom. The lowest BCUT2D eigenvalue weighted by atomic mass is 10.0. The van der Waals surface area contributed by atoms with E-state index >= 15 is 0 Å². The number of hydrogen-bond acceptors (Lipinski definition) is 2. The van der Waals surface area contributed by atoms with Crippen LogP contribution in [0.3, 0.4) is 0 Å². The van der Waals surface area contributed by atoms with Gasteiger partial charge in [-0.25, -0.2) is 9.97 Å². The summed E-state index contributed by atoms with van der Waals surface area (Å²) < 4.78 is 4.67. The van der Waals surface area contributed by atoms with Gasteiger partial charge in [0.15, 0.2) is 0 Å². The highest BCUT2D eigenvalue weighted by Crippen LogP contribution is 2.39. The van der Waals surface area contributed by atoms with Gasteiger partial charge in [0.1, 0.15) is 5.65 Å². The first kappa shape index (κ1) is 31.9. The lowest BCUT2D eigenvalue weighted by Gasteiger charge is -2.13. The fraction of sp³-hybridized carbons (Fsp3) is 0. The predicted molar refractivity (Wildman–Crippen MR) is 232 cm³/mol. The number of aromatic nitrogens is 4. The summed E-state index contributed by atoms with van der Waals surface area (Å²) in [6.45, 7) is 0. The van der Waals surface area contributed by atoms with Crippen LogP contribution in [-0.2, 0) is 0 Å². The fourth-order valence-electron chi connectivity index (χ4n) is 8.31. The summed E-state index contributed by atoms with van der Waals surface area (Å²) in [5.41, 5.74) is 15.3. The number of pyridine rings is 2. The first-order valence-corrected chi connectivity index (χ1v) is 19.0. The van der Waals surface area contributed by atoms with Crippen molar-refractivity contribution in [3.63, 3.8) is 0 Å².